The molecule has 0 spiro atoms. The van der Waals surface area contributed by atoms with Gasteiger partial charge < -0.3 is 10.3 Å². The molecule has 2 rings (SSSR count). The summed E-state index contributed by atoms with van der Waals surface area (Å²) in [6.07, 6.45) is 0.712. The summed E-state index contributed by atoms with van der Waals surface area (Å²) >= 11 is 0. The Morgan fingerprint density at radius 2 is 2.24 bits per heavy atom. The number of halogens is 1. The number of benzene rings is 1. The highest BCUT2D eigenvalue weighted by Gasteiger charge is 2.14. The summed E-state index contributed by atoms with van der Waals surface area (Å²) in [5.41, 5.74) is 6.94. The molecular formula is C12H14FN3O. The van der Waals surface area contributed by atoms with Crippen LogP contribution < -0.4 is 5.73 Å². The quantitative estimate of drug-likeness (QED) is 0.888. The lowest BCUT2D eigenvalue weighted by atomic mass is 10.1. The largest absolute Gasteiger partial charge is 0.337 e. The average molecular weight is 235 g/mol. The maximum absolute atomic E-state index is 13.4. The van der Waals surface area contributed by atoms with Crippen LogP contribution in [-0.2, 0) is 0 Å². The van der Waals surface area contributed by atoms with Crippen molar-refractivity contribution < 1.29 is 8.91 Å². The van der Waals surface area contributed by atoms with Gasteiger partial charge in [-0.05, 0) is 25.0 Å². The Balaban J connectivity index is 2.33. The summed E-state index contributed by atoms with van der Waals surface area (Å²) in [6.45, 7) is 3.63. The zero-order valence-corrected chi connectivity index (χ0v) is 9.77. The lowest BCUT2D eigenvalue weighted by Crippen LogP contribution is -2.08. The maximum Gasteiger partial charge on any atom is 0.243 e. The first-order chi connectivity index (χ1) is 8.11. The van der Waals surface area contributed by atoms with Gasteiger partial charge in [-0.1, -0.05) is 24.2 Å². The van der Waals surface area contributed by atoms with Crippen LogP contribution in [0.4, 0.5) is 4.39 Å². The molecular weight excluding hydrogens is 221 g/mol. The smallest absolute Gasteiger partial charge is 0.243 e. The third kappa shape index (κ3) is 2.34. The van der Waals surface area contributed by atoms with E-state index in [1.807, 2.05) is 6.92 Å². The Morgan fingerprint density at radius 3 is 2.88 bits per heavy atom. The van der Waals surface area contributed by atoms with Crippen LogP contribution in [0.1, 0.15) is 30.8 Å². The first-order valence-electron chi connectivity index (χ1n) is 5.47. The number of aromatic nitrogens is 2. The van der Waals surface area contributed by atoms with Crippen molar-refractivity contribution >= 4 is 0 Å². The Bertz CT molecular complexity index is 524. The fraction of sp³-hybridized carbons (Fsp3) is 0.333. The van der Waals surface area contributed by atoms with Crippen LogP contribution in [0.15, 0.2) is 22.7 Å². The second kappa shape index (κ2) is 4.63. The van der Waals surface area contributed by atoms with Crippen LogP contribution in [0.5, 0.6) is 0 Å². The van der Waals surface area contributed by atoms with Gasteiger partial charge in [0.25, 0.3) is 0 Å². The topological polar surface area (TPSA) is 64.9 Å². The van der Waals surface area contributed by atoms with Gasteiger partial charge in [0, 0.05) is 5.56 Å². The van der Waals surface area contributed by atoms with E-state index in [1.165, 1.54) is 6.07 Å². The van der Waals surface area contributed by atoms with Crippen LogP contribution in [0, 0.1) is 12.7 Å². The summed E-state index contributed by atoms with van der Waals surface area (Å²) in [6, 6.07) is 4.55. The van der Waals surface area contributed by atoms with E-state index >= 15 is 0 Å². The first kappa shape index (κ1) is 11.7. The highest BCUT2D eigenvalue weighted by atomic mass is 19.1. The number of nitrogens with two attached hydrogens (primary N) is 1. The van der Waals surface area contributed by atoms with E-state index in [0.717, 1.165) is 0 Å². The number of hydrogen-bond acceptors (Lipinski definition) is 4. The second-order valence-electron chi connectivity index (χ2n) is 3.93. The Kier molecular flexibility index (Phi) is 3.19. The molecule has 0 fully saturated rings. The minimum Gasteiger partial charge on any atom is -0.337 e. The minimum absolute atomic E-state index is 0.272. The molecule has 17 heavy (non-hydrogen) atoms. The molecule has 0 saturated carbocycles. The zero-order chi connectivity index (χ0) is 12.4. The highest BCUT2D eigenvalue weighted by Crippen LogP contribution is 2.21. The van der Waals surface area contributed by atoms with Gasteiger partial charge in [0.2, 0.25) is 11.7 Å². The SMILES string of the molecule is CC[C@@H](N)c1nc(-c2ccc(C)c(F)c2)no1. The standard InChI is InChI=1S/C12H14FN3O/c1-3-10(14)12-15-11(16-17-12)8-5-4-7(2)9(13)6-8/h4-6,10H,3,14H2,1-2H3/t10-/m1/s1. The Hall–Kier alpha value is -1.75. The van der Waals surface area contributed by atoms with Crippen molar-refractivity contribution in [3.63, 3.8) is 0 Å². The summed E-state index contributed by atoms with van der Waals surface area (Å²) in [7, 11) is 0. The Morgan fingerprint density at radius 1 is 1.47 bits per heavy atom. The van der Waals surface area contributed by atoms with Gasteiger partial charge in [-0.15, -0.1) is 0 Å². The van der Waals surface area contributed by atoms with E-state index in [1.54, 1.807) is 19.1 Å². The molecule has 4 nitrogen and oxygen atoms in total. The van der Waals surface area contributed by atoms with E-state index in [0.29, 0.717) is 29.3 Å². The lowest BCUT2D eigenvalue weighted by Gasteiger charge is -1.99. The van der Waals surface area contributed by atoms with E-state index in [-0.39, 0.29) is 11.9 Å². The van der Waals surface area contributed by atoms with E-state index in [4.69, 9.17) is 10.3 Å². The third-order valence-corrected chi connectivity index (χ3v) is 2.63. The third-order valence-electron chi connectivity index (χ3n) is 2.63. The molecule has 0 aliphatic carbocycles. The molecule has 0 aliphatic heterocycles. The fourth-order valence-electron chi connectivity index (χ4n) is 1.41. The summed E-state index contributed by atoms with van der Waals surface area (Å²) in [4.78, 5) is 4.15. The predicted molar refractivity (Wildman–Crippen MR) is 61.6 cm³/mol. The van der Waals surface area contributed by atoms with Crippen LogP contribution in [0.25, 0.3) is 11.4 Å². The van der Waals surface area contributed by atoms with Gasteiger partial charge >= 0.3 is 0 Å². The van der Waals surface area contributed by atoms with Crippen molar-refractivity contribution in [3.05, 3.63) is 35.5 Å². The number of aryl methyl sites for hydroxylation is 1. The lowest BCUT2D eigenvalue weighted by molar-refractivity contribution is 0.352. The van der Waals surface area contributed by atoms with Gasteiger partial charge in [0.15, 0.2) is 0 Å². The molecule has 0 radical (unpaired) electrons. The second-order valence-corrected chi connectivity index (χ2v) is 3.93. The molecule has 5 heteroatoms. The molecule has 0 saturated heterocycles. The van der Waals surface area contributed by atoms with Gasteiger partial charge in [-0.2, -0.15) is 4.98 Å². The van der Waals surface area contributed by atoms with Gasteiger partial charge in [0.05, 0.1) is 6.04 Å². The fourth-order valence-corrected chi connectivity index (χ4v) is 1.41. The summed E-state index contributed by atoms with van der Waals surface area (Å²) in [5.74, 6) is 0.458. The summed E-state index contributed by atoms with van der Waals surface area (Å²) in [5, 5.41) is 3.79. The van der Waals surface area contributed by atoms with Crippen LogP contribution in [0.2, 0.25) is 0 Å². The average Bonchev–Trinajstić information content (AvgIpc) is 2.81. The molecule has 0 aliphatic rings. The van der Waals surface area contributed by atoms with Crippen molar-refractivity contribution in [2.45, 2.75) is 26.3 Å². The number of nitrogens with zero attached hydrogens (tertiary/aromatic N) is 2. The van der Waals surface area contributed by atoms with Crippen molar-refractivity contribution in [1.29, 1.82) is 0 Å². The maximum atomic E-state index is 13.4. The van der Waals surface area contributed by atoms with Crippen molar-refractivity contribution in [1.82, 2.24) is 10.1 Å². The molecule has 2 aromatic rings. The number of hydrogen-bond donors (Lipinski definition) is 1. The highest BCUT2D eigenvalue weighted by molar-refractivity contribution is 5.54. The summed E-state index contributed by atoms with van der Waals surface area (Å²) < 4.78 is 18.4. The van der Waals surface area contributed by atoms with Crippen LogP contribution in [-0.4, -0.2) is 10.1 Å². The van der Waals surface area contributed by atoms with Crippen molar-refractivity contribution in [3.8, 4) is 11.4 Å². The first-order valence-corrected chi connectivity index (χ1v) is 5.47. The van der Waals surface area contributed by atoms with Crippen LogP contribution >= 0.6 is 0 Å². The minimum atomic E-state index is -0.284. The predicted octanol–water partition coefficient (Wildman–Crippen LogP) is 2.59. The van der Waals surface area contributed by atoms with E-state index < -0.39 is 0 Å². The van der Waals surface area contributed by atoms with Gasteiger partial charge in [-0.3, -0.25) is 0 Å². The zero-order valence-electron chi connectivity index (χ0n) is 9.77. The molecule has 0 amide bonds. The van der Waals surface area contributed by atoms with Crippen molar-refractivity contribution in [2.75, 3.05) is 0 Å². The molecule has 90 valence electrons. The molecule has 1 atom stereocenters. The van der Waals surface area contributed by atoms with E-state index in [9.17, 15) is 4.39 Å². The molecule has 1 aromatic carbocycles. The Labute approximate surface area is 98.6 Å². The normalized spacial score (nSPS) is 12.7. The van der Waals surface area contributed by atoms with E-state index in [2.05, 4.69) is 10.1 Å². The monoisotopic (exact) mass is 235 g/mol. The number of rotatable bonds is 3. The van der Waals surface area contributed by atoms with Gasteiger partial charge in [0.1, 0.15) is 5.82 Å². The van der Waals surface area contributed by atoms with Crippen molar-refractivity contribution in [2.24, 2.45) is 5.73 Å². The molecule has 1 heterocycles. The molecule has 1 aromatic heterocycles. The molecule has 0 bridgehead atoms. The molecule has 0 unspecified atom stereocenters. The molecule has 2 N–H and O–H groups in total. The van der Waals surface area contributed by atoms with Gasteiger partial charge in [-0.25, -0.2) is 4.39 Å². The van der Waals surface area contributed by atoms with Crippen LogP contribution in [0.3, 0.4) is 0 Å².